The van der Waals surface area contributed by atoms with Crippen molar-refractivity contribution in [3.05, 3.63) is 47.6 Å². The number of amides is 2. The first kappa shape index (κ1) is 15.7. The molecule has 1 unspecified atom stereocenters. The van der Waals surface area contributed by atoms with Crippen LogP contribution in [-0.4, -0.2) is 35.1 Å². The van der Waals surface area contributed by atoms with Crippen LogP contribution in [0.25, 0.3) is 11.2 Å². The number of carbonyl (C=O) groups is 1. The number of benzene rings is 1. The highest BCUT2D eigenvalue weighted by Crippen LogP contribution is 2.23. The Morgan fingerprint density at radius 1 is 1.28 bits per heavy atom. The molecule has 1 aliphatic rings. The zero-order valence-corrected chi connectivity index (χ0v) is 14.0. The Balaban J connectivity index is 1.35. The van der Waals surface area contributed by atoms with E-state index in [1.807, 2.05) is 17.0 Å². The maximum Gasteiger partial charge on any atom is 0.319 e. The van der Waals surface area contributed by atoms with Gasteiger partial charge in [0.05, 0.1) is 0 Å². The maximum atomic E-state index is 12.1. The molecule has 0 saturated carbocycles. The summed E-state index contributed by atoms with van der Waals surface area (Å²) in [6.45, 7) is 1.40. The van der Waals surface area contributed by atoms with Gasteiger partial charge in [0, 0.05) is 36.0 Å². The Morgan fingerprint density at radius 2 is 2.12 bits per heavy atom. The summed E-state index contributed by atoms with van der Waals surface area (Å²) in [4.78, 5) is 22.7. The summed E-state index contributed by atoms with van der Waals surface area (Å²) in [5, 5.41) is 6.39. The Kier molecular flexibility index (Phi) is 4.15. The van der Waals surface area contributed by atoms with E-state index in [4.69, 9.17) is 16.0 Å². The van der Waals surface area contributed by atoms with Crippen LogP contribution in [-0.2, 0) is 0 Å². The van der Waals surface area contributed by atoms with Gasteiger partial charge in [0.25, 0.3) is 6.01 Å². The molecule has 0 spiro atoms. The van der Waals surface area contributed by atoms with E-state index < -0.39 is 0 Å². The number of oxazole rings is 1. The molecule has 8 heteroatoms. The second kappa shape index (κ2) is 6.60. The SMILES string of the molecule is O=C(Nc1ccc(Cl)cc1)NC1CCN(c2nc3ncccc3o2)C1. The molecule has 0 radical (unpaired) electrons. The van der Waals surface area contributed by atoms with Gasteiger partial charge in [0.15, 0.2) is 5.58 Å². The van der Waals surface area contributed by atoms with Crippen LogP contribution in [0.15, 0.2) is 47.0 Å². The Labute approximate surface area is 149 Å². The predicted molar refractivity (Wildman–Crippen MR) is 96.0 cm³/mol. The highest BCUT2D eigenvalue weighted by Gasteiger charge is 2.27. The molecule has 0 aliphatic carbocycles. The van der Waals surface area contributed by atoms with E-state index in [1.165, 1.54) is 0 Å². The van der Waals surface area contributed by atoms with Crippen molar-refractivity contribution in [3.8, 4) is 0 Å². The Hall–Kier alpha value is -2.80. The lowest BCUT2D eigenvalue weighted by Crippen LogP contribution is -2.39. The Bertz CT molecular complexity index is 862. The minimum absolute atomic E-state index is 0.0234. The van der Waals surface area contributed by atoms with Crippen LogP contribution in [0.1, 0.15) is 6.42 Å². The fraction of sp³-hybridized carbons (Fsp3) is 0.235. The Morgan fingerprint density at radius 3 is 2.92 bits per heavy atom. The van der Waals surface area contributed by atoms with Crippen molar-refractivity contribution in [2.45, 2.75) is 12.5 Å². The van der Waals surface area contributed by atoms with Gasteiger partial charge in [-0.2, -0.15) is 4.98 Å². The van der Waals surface area contributed by atoms with Crippen LogP contribution in [0.5, 0.6) is 0 Å². The molecule has 2 aromatic heterocycles. The number of pyridine rings is 1. The molecular formula is C17H16ClN5O2. The molecule has 1 aliphatic heterocycles. The number of hydrogen-bond donors (Lipinski definition) is 2. The lowest BCUT2D eigenvalue weighted by atomic mass is 10.3. The van der Waals surface area contributed by atoms with Crippen LogP contribution in [0.3, 0.4) is 0 Å². The lowest BCUT2D eigenvalue weighted by molar-refractivity contribution is 0.249. The average molecular weight is 358 g/mol. The second-order valence-corrected chi connectivity index (χ2v) is 6.29. The van der Waals surface area contributed by atoms with E-state index in [0.29, 0.717) is 34.5 Å². The maximum absolute atomic E-state index is 12.1. The number of rotatable bonds is 3. The van der Waals surface area contributed by atoms with Gasteiger partial charge in [-0.1, -0.05) is 11.6 Å². The van der Waals surface area contributed by atoms with Gasteiger partial charge in [0.2, 0.25) is 5.65 Å². The van der Waals surface area contributed by atoms with Crippen LogP contribution in [0.4, 0.5) is 16.5 Å². The molecule has 2 N–H and O–H groups in total. The summed E-state index contributed by atoms with van der Waals surface area (Å²) in [5.41, 5.74) is 1.95. The van der Waals surface area contributed by atoms with Crippen molar-refractivity contribution in [1.82, 2.24) is 15.3 Å². The van der Waals surface area contributed by atoms with Gasteiger partial charge in [-0.25, -0.2) is 9.78 Å². The summed E-state index contributed by atoms with van der Waals surface area (Å²) in [6, 6.07) is 10.9. The smallest absolute Gasteiger partial charge is 0.319 e. The molecule has 1 atom stereocenters. The molecule has 1 aromatic carbocycles. The molecular weight excluding hydrogens is 342 g/mol. The number of halogens is 1. The number of aromatic nitrogens is 2. The van der Waals surface area contributed by atoms with Gasteiger partial charge in [-0.3, -0.25) is 0 Å². The van der Waals surface area contributed by atoms with Crippen LogP contribution >= 0.6 is 11.6 Å². The second-order valence-electron chi connectivity index (χ2n) is 5.86. The van der Waals surface area contributed by atoms with Gasteiger partial charge in [0.1, 0.15) is 0 Å². The number of hydrogen-bond acceptors (Lipinski definition) is 5. The van der Waals surface area contributed by atoms with Crippen molar-refractivity contribution in [1.29, 1.82) is 0 Å². The predicted octanol–water partition coefficient (Wildman–Crippen LogP) is 3.28. The fourth-order valence-electron chi connectivity index (χ4n) is 2.83. The largest absolute Gasteiger partial charge is 0.422 e. The fourth-order valence-corrected chi connectivity index (χ4v) is 2.96. The average Bonchev–Trinajstić information content (AvgIpc) is 3.23. The summed E-state index contributed by atoms with van der Waals surface area (Å²) >= 11 is 5.84. The summed E-state index contributed by atoms with van der Waals surface area (Å²) in [7, 11) is 0. The molecule has 128 valence electrons. The molecule has 3 aromatic rings. The molecule has 1 saturated heterocycles. The summed E-state index contributed by atoms with van der Waals surface area (Å²) < 4.78 is 5.72. The molecule has 1 fully saturated rings. The van der Waals surface area contributed by atoms with Crippen molar-refractivity contribution >= 4 is 40.6 Å². The number of urea groups is 1. The first-order valence-corrected chi connectivity index (χ1v) is 8.35. The third-order valence-corrected chi connectivity index (χ3v) is 4.30. The van der Waals surface area contributed by atoms with E-state index in [1.54, 1.807) is 30.5 Å². The van der Waals surface area contributed by atoms with E-state index in [2.05, 4.69) is 20.6 Å². The molecule has 7 nitrogen and oxygen atoms in total. The van der Waals surface area contributed by atoms with Gasteiger partial charge in [-0.05, 0) is 42.8 Å². The minimum atomic E-state index is -0.242. The van der Waals surface area contributed by atoms with Gasteiger partial charge >= 0.3 is 6.03 Å². The number of fused-ring (bicyclic) bond motifs is 1. The number of nitrogens with one attached hydrogen (secondary N) is 2. The monoisotopic (exact) mass is 357 g/mol. The number of carbonyl (C=O) groups excluding carboxylic acids is 1. The molecule has 0 bridgehead atoms. The van der Waals surface area contributed by atoms with Crippen molar-refractivity contribution in [2.24, 2.45) is 0 Å². The first-order chi connectivity index (χ1) is 12.2. The van der Waals surface area contributed by atoms with Crippen molar-refractivity contribution in [3.63, 3.8) is 0 Å². The van der Waals surface area contributed by atoms with Crippen LogP contribution in [0, 0.1) is 0 Å². The highest BCUT2D eigenvalue weighted by atomic mass is 35.5. The first-order valence-electron chi connectivity index (χ1n) is 7.97. The zero-order valence-electron chi connectivity index (χ0n) is 13.3. The standard InChI is InChI=1S/C17H16ClN5O2/c18-11-3-5-12(6-4-11)20-16(24)21-13-7-9-23(10-13)17-22-15-14(25-17)2-1-8-19-15/h1-6,8,13H,7,9-10H2,(H2,20,21,24). The third kappa shape index (κ3) is 3.51. The molecule has 4 rings (SSSR count). The van der Waals surface area contributed by atoms with Gasteiger partial charge < -0.3 is 20.0 Å². The number of anilines is 2. The molecule has 2 amide bonds. The van der Waals surface area contributed by atoms with Crippen molar-refractivity contribution in [2.75, 3.05) is 23.3 Å². The highest BCUT2D eigenvalue weighted by molar-refractivity contribution is 6.30. The number of nitrogens with zero attached hydrogens (tertiary/aromatic N) is 3. The van der Waals surface area contributed by atoms with E-state index in [0.717, 1.165) is 13.0 Å². The molecule has 25 heavy (non-hydrogen) atoms. The van der Waals surface area contributed by atoms with Crippen LogP contribution in [0.2, 0.25) is 5.02 Å². The van der Waals surface area contributed by atoms with Gasteiger partial charge in [-0.15, -0.1) is 0 Å². The quantitative estimate of drug-likeness (QED) is 0.751. The minimum Gasteiger partial charge on any atom is -0.422 e. The zero-order chi connectivity index (χ0) is 17.2. The van der Waals surface area contributed by atoms with E-state index in [-0.39, 0.29) is 12.1 Å². The van der Waals surface area contributed by atoms with E-state index in [9.17, 15) is 4.79 Å². The van der Waals surface area contributed by atoms with E-state index >= 15 is 0 Å². The summed E-state index contributed by atoms with van der Waals surface area (Å²) in [5.74, 6) is 0. The summed E-state index contributed by atoms with van der Waals surface area (Å²) in [6.07, 6.45) is 2.50. The lowest BCUT2D eigenvalue weighted by Gasteiger charge is -2.15. The third-order valence-electron chi connectivity index (χ3n) is 4.05. The topological polar surface area (TPSA) is 83.3 Å². The van der Waals surface area contributed by atoms with Crippen LogP contribution < -0.4 is 15.5 Å². The van der Waals surface area contributed by atoms with Crippen molar-refractivity contribution < 1.29 is 9.21 Å². The normalized spacial score (nSPS) is 17.0. The molecule has 3 heterocycles.